The first-order chi connectivity index (χ1) is 8.74. The summed E-state index contributed by atoms with van der Waals surface area (Å²) in [7, 11) is 0. The van der Waals surface area contributed by atoms with Gasteiger partial charge in [0.1, 0.15) is 0 Å². The van der Waals surface area contributed by atoms with Gasteiger partial charge in [-0.25, -0.2) is 0 Å². The first-order valence-electron chi connectivity index (χ1n) is 7.33. The minimum atomic E-state index is 0.242. The number of likely N-dealkylation sites (tertiary alicyclic amines) is 1. The molecule has 3 heteroatoms. The minimum absolute atomic E-state index is 0.242. The van der Waals surface area contributed by atoms with Crippen molar-refractivity contribution in [3.05, 3.63) is 12.2 Å². The Kier molecular flexibility index (Phi) is 3.42. The molecule has 0 aromatic carbocycles. The SMILES string of the molecule is C[C@H]1C[C@H]2CN(C(=O)[C@@H]3CC=CCC3)CC[C@@H]2O1. The molecule has 1 amide bonds. The van der Waals surface area contributed by atoms with E-state index in [1.807, 2.05) is 0 Å². The van der Waals surface area contributed by atoms with E-state index in [1.165, 1.54) is 0 Å². The molecular weight excluding hydrogens is 226 g/mol. The largest absolute Gasteiger partial charge is 0.375 e. The molecule has 1 aliphatic carbocycles. The Balaban J connectivity index is 1.60. The molecule has 0 aromatic rings. The van der Waals surface area contributed by atoms with E-state index < -0.39 is 0 Å². The van der Waals surface area contributed by atoms with E-state index in [0.717, 1.165) is 45.2 Å². The molecule has 3 nitrogen and oxygen atoms in total. The van der Waals surface area contributed by atoms with Gasteiger partial charge in [-0.1, -0.05) is 12.2 Å². The van der Waals surface area contributed by atoms with E-state index in [4.69, 9.17) is 4.74 Å². The van der Waals surface area contributed by atoms with Gasteiger partial charge < -0.3 is 9.64 Å². The highest BCUT2D eigenvalue weighted by atomic mass is 16.5. The standard InChI is InChI=1S/C15H23NO2/c1-11-9-13-10-16(8-7-14(13)18-11)15(17)12-5-3-2-4-6-12/h2-3,11-14H,4-10H2,1H3/t11-,12+,13-,14-/m0/s1. The number of allylic oxidation sites excluding steroid dienone is 2. The highest BCUT2D eigenvalue weighted by Crippen LogP contribution is 2.33. The number of amides is 1. The van der Waals surface area contributed by atoms with Gasteiger partial charge in [-0.3, -0.25) is 4.79 Å². The third-order valence-corrected chi connectivity index (χ3v) is 4.64. The molecule has 2 saturated heterocycles. The normalized spacial score (nSPS) is 39.7. The van der Waals surface area contributed by atoms with Gasteiger partial charge in [-0.05, 0) is 39.0 Å². The van der Waals surface area contributed by atoms with Gasteiger partial charge in [0.25, 0.3) is 0 Å². The summed E-state index contributed by atoms with van der Waals surface area (Å²) in [5.74, 6) is 1.21. The van der Waals surface area contributed by atoms with Crippen LogP contribution >= 0.6 is 0 Å². The Hall–Kier alpha value is -0.830. The maximum atomic E-state index is 12.5. The number of carbonyl (C=O) groups is 1. The van der Waals surface area contributed by atoms with Crippen LogP contribution in [-0.2, 0) is 9.53 Å². The summed E-state index contributed by atoms with van der Waals surface area (Å²) < 4.78 is 5.89. The van der Waals surface area contributed by atoms with Crippen LogP contribution < -0.4 is 0 Å². The molecule has 0 spiro atoms. The number of nitrogens with zero attached hydrogens (tertiary/aromatic N) is 1. The van der Waals surface area contributed by atoms with Gasteiger partial charge in [0.2, 0.25) is 5.91 Å². The number of fused-ring (bicyclic) bond motifs is 1. The molecule has 2 heterocycles. The van der Waals surface area contributed by atoms with Crippen LogP contribution in [0.4, 0.5) is 0 Å². The molecule has 0 saturated carbocycles. The lowest BCUT2D eigenvalue weighted by atomic mass is 9.89. The molecular formula is C15H23NO2. The molecule has 3 aliphatic rings. The number of ether oxygens (including phenoxy) is 1. The average molecular weight is 249 g/mol. The van der Waals surface area contributed by atoms with Gasteiger partial charge in [-0.15, -0.1) is 0 Å². The lowest BCUT2D eigenvalue weighted by Gasteiger charge is -2.36. The molecule has 0 radical (unpaired) electrons. The molecule has 3 rings (SSSR count). The highest BCUT2D eigenvalue weighted by Gasteiger charge is 2.39. The number of piperidine rings is 1. The summed E-state index contributed by atoms with van der Waals surface area (Å²) in [6, 6.07) is 0. The van der Waals surface area contributed by atoms with Crippen molar-refractivity contribution in [1.29, 1.82) is 0 Å². The third kappa shape index (κ3) is 2.33. The summed E-state index contributed by atoms with van der Waals surface area (Å²) in [6.07, 6.45) is 10.4. The van der Waals surface area contributed by atoms with E-state index >= 15 is 0 Å². The van der Waals surface area contributed by atoms with Crippen LogP contribution in [0.15, 0.2) is 12.2 Å². The number of carbonyl (C=O) groups excluding carboxylic acids is 1. The fourth-order valence-electron chi connectivity index (χ4n) is 3.67. The molecule has 18 heavy (non-hydrogen) atoms. The Labute approximate surface area is 109 Å². The number of hydrogen-bond donors (Lipinski definition) is 0. The van der Waals surface area contributed by atoms with Crippen molar-refractivity contribution in [1.82, 2.24) is 4.90 Å². The summed E-state index contributed by atoms with van der Waals surface area (Å²) in [6.45, 7) is 3.97. The lowest BCUT2D eigenvalue weighted by molar-refractivity contribution is -0.139. The second-order valence-corrected chi connectivity index (χ2v) is 6.04. The number of rotatable bonds is 1. The Morgan fingerprint density at radius 2 is 2.22 bits per heavy atom. The maximum absolute atomic E-state index is 12.5. The zero-order chi connectivity index (χ0) is 12.5. The van der Waals surface area contributed by atoms with Crippen molar-refractivity contribution in [2.45, 2.75) is 51.2 Å². The fraction of sp³-hybridized carbons (Fsp3) is 0.800. The molecule has 4 atom stereocenters. The topological polar surface area (TPSA) is 29.5 Å². The first kappa shape index (κ1) is 12.2. The van der Waals surface area contributed by atoms with Crippen molar-refractivity contribution >= 4 is 5.91 Å². The van der Waals surface area contributed by atoms with Gasteiger partial charge in [0.05, 0.1) is 12.2 Å². The van der Waals surface area contributed by atoms with Crippen LogP contribution in [0.25, 0.3) is 0 Å². The quantitative estimate of drug-likeness (QED) is 0.668. The molecule has 100 valence electrons. The van der Waals surface area contributed by atoms with E-state index in [9.17, 15) is 4.79 Å². The predicted molar refractivity (Wildman–Crippen MR) is 70.1 cm³/mol. The van der Waals surface area contributed by atoms with E-state index in [2.05, 4.69) is 24.0 Å². The summed E-state index contributed by atoms with van der Waals surface area (Å²) >= 11 is 0. The average Bonchev–Trinajstić information content (AvgIpc) is 2.78. The summed E-state index contributed by atoms with van der Waals surface area (Å²) in [5, 5.41) is 0. The van der Waals surface area contributed by atoms with Gasteiger partial charge in [0.15, 0.2) is 0 Å². The Bertz CT molecular complexity index is 352. The zero-order valence-electron chi connectivity index (χ0n) is 11.2. The third-order valence-electron chi connectivity index (χ3n) is 4.64. The van der Waals surface area contributed by atoms with Gasteiger partial charge in [-0.2, -0.15) is 0 Å². The molecule has 0 aromatic heterocycles. The first-order valence-corrected chi connectivity index (χ1v) is 7.33. The van der Waals surface area contributed by atoms with Crippen molar-refractivity contribution in [2.75, 3.05) is 13.1 Å². The van der Waals surface area contributed by atoms with Crippen molar-refractivity contribution in [3.8, 4) is 0 Å². The molecule has 0 N–H and O–H groups in total. The molecule has 2 fully saturated rings. The maximum Gasteiger partial charge on any atom is 0.226 e. The zero-order valence-corrected chi connectivity index (χ0v) is 11.2. The lowest BCUT2D eigenvalue weighted by Crippen LogP contribution is -2.46. The highest BCUT2D eigenvalue weighted by molar-refractivity contribution is 5.79. The Morgan fingerprint density at radius 1 is 1.33 bits per heavy atom. The van der Waals surface area contributed by atoms with Gasteiger partial charge in [0, 0.05) is 24.9 Å². The van der Waals surface area contributed by atoms with Crippen LogP contribution in [0.3, 0.4) is 0 Å². The second kappa shape index (κ2) is 5.04. The molecule has 2 aliphatic heterocycles. The van der Waals surface area contributed by atoms with E-state index in [-0.39, 0.29) is 5.92 Å². The minimum Gasteiger partial charge on any atom is -0.375 e. The molecule has 0 bridgehead atoms. The van der Waals surface area contributed by atoms with Crippen molar-refractivity contribution in [3.63, 3.8) is 0 Å². The van der Waals surface area contributed by atoms with Crippen LogP contribution in [0.5, 0.6) is 0 Å². The molecule has 0 unspecified atom stereocenters. The second-order valence-electron chi connectivity index (χ2n) is 6.04. The van der Waals surface area contributed by atoms with Crippen LogP contribution in [0.1, 0.15) is 39.0 Å². The van der Waals surface area contributed by atoms with Gasteiger partial charge >= 0.3 is 0 Å². The number of hydrogen-bond acceptors (Lipinski definition) is 2. The van der Waals surface area contributed by atoms with Crippen LogP contribution in [-0.4, -0.2) is 36.1 Å². The monoisotopic (exact) mass is 249 g/mol. The van der Waals surface area contributed by atoms with Crippen molar-refractivity contribution < 1.29 is 9.53 Å². The van der Waals surface area contributed by atoms with E-state index in [1.54, 1.807) is 0 Å². The smallest absolute Gasteiger partial charge is 0.226 e. The van der Waals surface area contributed by atoms with Crippen LogP contribution in [0.2, 0.25) is 0 Å². The van der Waals surface area contributed by atoms with E-state index in [0.29, 0.717) is 24.0 Å². The van der Waals surface area contributed by atoms with Crippen LogP contribution in [0, 0.1) is 11.8 Å². The fourth-order valence-corrected chi connectivity index (χ4v) is 3.67. The predicted octanol–water partition coefficient (Wildman–Crippen LogP) is 2.37. The summed E-state index contributed by atoms with van der Waals surface area (Å²) in [5.41, 5.74) is 0. The summed E-state index contributed by atoms with van der Waals surface area (Å²) in [4.78, 5) is 14.6. The van der Waals surface area contributed by atoms with Crippen molar-refractivity contribution in [2.24, 2.45) is 11.8 Å². The Morgan fingerprint density at radius 3 is 3.00 bits per heavy atom.